The average molecular weight is 303 g/mol. The fourth-order valence-electron chi connectivity index (χ4n) is 1.93. The summed E-state index contributed by atoms with van der Waals surface area (Å²) < 4.78 is 1.68. The summed E-state index contributed by atoms with van der Waals surface area (Å²) in [6, 6.07) is 9.60. The lowest BCUT2D eigenvalue weighted by Gasteiger charge is -2.03. The number of hydrogen-bond acceptors (Lipinski definition) is 3. The smallest absolute Gasteiger partial charge is 0.153 e. The highest BCUT2D eigenvalue weighted by Crippen LogP contribution is 2.27. The van der Waals surface area contributed by atoms with Crippen molar-refractivity contribution in [3.8, 4) is 16.3 Å². The minimum Gasteiger partial charge on any atom is -0.298 e. The molecule has 0 saturated carbocycles. The predicted molar refractivity (Wildman–Crippen MR) is 82.0 cm³/mol. The molecule has 2 aromatic heterocycles. The van der Waals surface area contributed by atoms with Crippen molar-refractivity contribution in [2.24, 2.45) is 0 Å². The van der Waals surface area contributed by atoms with E-state index >= 15 is 0 Å². The van der Waals surface area contributed by atoms with Gasteiger partial charge in [0.25, 0.3) is 0 Å². The van der Waals surface area contributed by atoms with E-state index in [1.807, 2.05) is 42.6 Å². The van der Waals surface area contributed by atoms with Gasteiger partial charge in [0.15, 0.2) is 6.29 Å². The molecular weight excluding hydrogens is 292 g/mol. The SMILES string of the molecule is Cc1ccc(-n2cc(C=O)c(-c3cccs3)n2)cc1Cl. The van der Waals surface area contributed by atoms with Crippen molar-refractivity contribution < 1.29 is 4.79 Å². The Hall–Kier alpha value is -1.91. The van der Waals surface area contributed by atoms with E-state index in [2.05, 4.69) is 5.10 Å². The third-order valence-electron chi connectivity index (χ3n) is 3.04. The summed E-state index contributed by atoms with van der Waals surface area (Å²) in [6.45, 7) is 1.95. The Morgan fingerprint density at radius 2 is 2.20 bits per heavy atom. The molecule has 0 bridgehead atoms. The first kappa shape index (κ1) is 13.1. The van der Waals surface area contributed by atoms with Crippen LogP contribution in [-0.2, 0) is 0 Å². The van der Waals surface area contributed by atoms with E-state index in [-0.39, 0.29) is 0 Å². The van der Waals surface area contributed by atoms with Crippen LogP contribution in [0.3, 0.4) is 0 Å². The molecule has 0 spiro atoms. The van der Waals surface area contributed by atoms with Crippen molar-refractivity contribution in [1.29, 1.82) is 0 Å². The Balaban J connectivity index is 2.11. The first-order valence-electron chi connectivity index (χ1n) is 6.04. The summed E-state index contributed by atoms with van der Waals surface area (Å²) in [5.41, 5.74) is 3.12. The van der Waals surface area contributed by atoms with E-state index in [1.54, 1.807) is 22.2 Å². The first-order chi connectivity index (χ1) is 9.69. The topological polar surface area (TPSA) is 34.9 Å². The molecule has 3 aromatic rings. The molecule has 0 atom stereocenters. The van der Waals surface area contributed by atoms with Gasteiger partial charge in [0.2, 0.25) is 0 Å². The van der Waals surface area contributed by atoms with Gasteiger partial charge in [0.05, 0.1) is 16.1 Å². The number of aromatic nitrogens is 2. The van der Waals surface area contributed by atoms with Crippen LogP contribution in [0, 0.1) is 6.92 Å². The number of halogens is 1. The highest BCUT2D eigenvalue weighted by molar-refractivity contribution is 7.13. The molecule has 20 heavy (non-hydrogen) atoms. The zero-order chi connectivity index (χ0) is 14.1. The molecule has 2 heterocycles. The van der Waals surface area contributed by atoms with Crippen molar-refractivity contribution in [3.05, 3.63) is 58.1 Å². The van der Waals surface area contributed by atoms with Gasteiger partial charge < -0.3 is 0 Å². The number of carbonyl (C=O) groups is 1. The molecule has 0 N–H and O–H groups in total. The zero-order valence-corrected chi connectivity index (χ0v) is 12.3. The monoisotopic (exact) mass is 302 g/mol. The number of carbonyl (C=O) groups excluding carboxylic acids is 1. The summed E-state index contributed by atoms with van der Waals surface area (Å²) in [6.07, 6.45) is 2.55. The standard InChI is InChI=1S/C15H11ClN2OS/c1-10-4-5-12(7-13(10)16)18-8-11(9-19)15(17-18)14-3-2-6-20-14/h2-9H,1H3. The molecular formula is C15H11ClN2OS. The van der Waals surface area contributed by atoms with Crippen LogP contribution in [0.25, 0.3) is 16.3 Å². The van der Waals surface area contributed by atoms with E-state index in [1.165, 1.54) is 0 Å². The van der Waals surface area contributed by atoms with E-state index in [0.29, 0.717) is 16.3 Å². The summed E-state index contributed by atoms with van der Waals surface area (Å²) in [7, 11) is 0. The number of aldehydes is 1. The van der Waals surface area contributed by atoms with Crippen LogP contribution in [0.5, 0.6) is 0 Å². The summed E-state index contributed by atoms with van der Waals surface area (Å²) in [5.74, 6) is 0. The number of hydrogen-bond donors (Lipinski definition) is 0. The number of aryl methyl sites for hydroxylation is 1. The van der Waals surface area contributed by atoms with Crippen LogP contribution >= 0.6 is 22.9 Å². The molecule has 5 heteroatoms. The number of benzene rings is 1. The molecule has 0 aliphatic rings. The van der Waals surface area contributed by atoms with Crippen molar-refractivity contribution in [1.82, 2.24) is 9.78 Å². The first-order valence-corrected chi connectivity index (χ1v) is 7.30. The van der Waals surface area contributed by atoms with Gasteiger partial charge in [-0.2, -0.15) is 5.10 Å². The Morgan fingerprint density at radius 3 is 2.85 bits per heavy atom. The second-order valence-electron chi connectivity index (χ2n) is 4.41. The lowest BCUT2D eigenvalue weighted by atomic mass is 10.2. The van der Waals surface area contributed by atoms with E-state index in [9.17, 15) is 4.79 Å². The molecule has 0 unspecified atom stereocenters. The molecule has 0 amide bonds. The quantitative estimate of drug-likeness (QED) is 0.673. The van der Waals surface area contributed by atoms with Gasteiger partial charge in [0.1, 0.15) is 5.69 Å². The largest absolute Gasteiger partial charge is 0.298 e. The van der Waals surface area contributed by atoms with E-state index in [4.69, 9.17) is 11.6 Å². The minimum atomic E-state index is 0.573. The van der Waals surface area contributed by atoms with Gasteiger partial charge in [-0.15, -0.1) is 11.3 Å². The van der Waals surface area contributed by atoms with Gasteiger partial charge in [-0.1, -0.05) is 23.7 Å². The summed E-state index contributed by atoms with van der Waals surface area (Å²) in [5, 5.41) is 7.15. The van der Waals surface area contributed by atoms with E-state index in [0.717, 1.165) is 22.4 Å². The van der Waals surface area contributed by atoms with Crippen molar-refractivity contribution in [2.75, 3.05) is 0 Å². The molecule has 0 radical (unpaired) electrons. The number of thiophene rings is 1. The van der Waals surface area contributed by atoms with Crippen LogP contribution < -0.4 is 0 Å². The maximum absolute atomic E-state index is 11.2. The molecule has 3 rings (SSSR count). The van der Waals surface area contributed by atoms with Crippen LogP contribution in [-0.4, -0.2) is 16.1 Å². The van der Waals surface area contributed by atoms with Crippen molar-refractivity contribution in [3.63, 3.8) is 0 Å². The predicted octanol–water partition coefficient (Wildman–Crippen LogP) is 4.38. The third-order valence-corrected chi connectivity index (χ3v) is 4.33. The Labute approximate surface area is 125 Å². The molecule has 1 aromatic carbocycles. The summed E-state index contributed by atoms with van der Waals surface area (Å²) >= 11 is 7.69. The Bertz CT molecular complexity index is 762. The minimum absolute atomic E-state index is 0.573. The molecule has 0 aliphatic heterocycles. The maximum Gasteiger partial charge on any atom is 0.153 e. The molecule has 100 valence electrons. The second kappa shape index (κ2) is 5.23. The van der Waals surface area contributed by atoms with Crippen molar-refractivity contribution in [2.45, 2.75) is 6.92 Å². The fraction of sp³-hybridized carbons (Fsp3) is 0.0667. The fourth-order valence-corrected chi connectivity index (χ4v) is 2.84. The van der Waals surface area contributed by atoms with Crippen LogP contribution in [0.1, 0.15) is 15.9 Å². The second-order valence-corrected chi connectivity index (χ2v) is 5.76. The Kier molecular flexibility index (Phi) is 3.42. The van der Waals surface area contributed by atoms with Crippen LogP contribution in [0.2, 0.25) is 5.02 Å². The zero-order valence-electron chi connectivity index (χ0n) is 10.7. The molecule has 3 nitrogen and oxygen atoms in total. The van der Waals surface area contributed by atoms with Crippen molar-refractivity contribution >= 4 is 29.2 Å². The normalized spacial score (nSPS) is 10.7. The maximum atomic E-state index is 11.2. The third kappa shape index (κ3) is 2.28. The van der Waals surface area contributed by atoms with Crippen LogP contribution in [0.4, 0.5) is 0 Å². The van der Waals surface area contributed by atoms with Crippen LogP contribution in [0.15, 0.2) is 41.9 Å². The highest BCUT2D eigenvalue weighted by atomic mass is 35.5. The summed E-state index contributed by atoms with van der Waals surface area (Å²) in [4.78, 5) is 12.2. The van der Waals surface area contributed by atoms with E-state index < -0.39 is 0 Å². The molecule has 0 aliphatic carbocycles. The number of rotatable bonds is 3. The van der Waals surface area contributed by atoms with Gasteiger partial charge in [-0.3, -0.25) is 4.79 Å². The van der Waals surface area contributed by atoms with Gasteiger partial charge >= 0.3 is 0 Å². The average Bonchev–Trinajstić information content (AvgIpc) is 3.09. The lowest BCUT2D eigenvalue weighted by molar-refractivity contribution is 0.112. The molecule has 0 fully saturated rings. The molecule has 0 saturated heterocycles. The number of nitrogens with zero attached hydrogens (tertiary/aromatic N) is 2. The highest BCUT2D eigenvalue weighted by Gasteiger charge is 2.12. The lowest BCUT2D eigenvalue weighted by Crippen LogP contribution is -1.95. The van der Waals surface area contributed by atoms with Gasteiger partial charge in [-0.25, -0.2) is 4.68 Å². The van der Waals surface area contributed by atoms with Gasteiger partial charge in [-0.05, 0) is 36.1 Å². The Morgan fingerprint density at radius 1 is 1.35 bits per heavy atom. The van der Waals surface area contributed by atoms with Gasteiger partial charge in [0, 0.05) is 11.2 Å².